The molecule has 0 aliphatic carbocycles. The summed E-state index contributed by atoms with van der Waals surface area (Å²) in [5, 5.41) is 11.9. The molecule has 2 N–H and O–H groups in total. The third-order valence-electron chi connectivity index (χ3n) is 2.30. The highest BCUT2D eigenvalue weighted by Crippen LogP contribution is 2.22. The zero-order chi connectivity index (χ0) is 12.7. The highest BCUT2D eigenvalue weighted by atomic mass is 35.5. The second-order valence-electron chi connectivity index (χ2n) is 3.52. The Morgan fingerprint density at radius 1 is 1.53 bits per heavy atom. The molecule has 0 aliphatic heterocycles. The van der Waals surface area contributed by atoms with Crippen LogP contribution in [-0.4, -0.2) is 24.0 Å². The highest BCUT2D eigenvalue weighted by molar-refractivity contribution is 6.18. The van der Waals surface area contributed by atoms with E-state index in [1.165, 1.54) is 0 Å². The van der Waals surface area contributed by atoms with Gasteiger partial charge in [0.05, 0.1) is 13.7 Å². The van der Waals surface area contributed by atoms with Crippen LogP contribution in [0.25, 0.3) is 0 Å². The van der Waals surface area contributed by atoms with Crippen LogP contribution in [0.2, 0.25) is 0 Å². The van der Waals surface area contributed by atoms with Crippen LogP contribution in [0.15, 0.2) is 18.2 Å². The fraction of sp³-hybridized carbons (Fsp3) is 0.417. The van der Waals surface area contributed by atoms with Gasteiger partial charge < -0.3 is 15.2 Å². The van der Waals surface area contributed by atoms with Crippen molar-refractivity contribution in [1.82, 2.24) is 0 Å². The lowest BCUT2D eigenvalue weighted by Crippen LogP contribution is -2.13. The Morgan fingerprint density at radius 3 is 2.88 bits per heavy atom. The Labute approximate surface area is 106 Å². The third-order valence-corrected chi connectivity index (χ3v) is 2.57. The summed E-state index contributed by atoms with van der Waals surface area (Å²) in [6.45, 7) is -0.130. The standard InChI is InChI=1S/C12H16ClNO3/c1-17-10-5-4-9(8-15)11(7-10)14-12(16)3-2-6-13/h4-5,7,15H,2-3,6,8H2,1H3,(H,14,16). The van der Waals surface area contributed by atoms with E-state index >= 15 is 0 Å². The van der Waals surface area contributed by atoms with Gasteiger partial charge in [0.2, 0.25) is 5.91 Å². The molecule has 4 nitrogen and oxygen atoms in total. The molecule has 0 spiro atoms. The molecule has 0 aliphatic rings. The molecule has 0 fully saturated rings. The third kappa shape index (κ3) is 4.24. The minimum Gasteiger partial charge on any atom is -0.497 e. The van der Waals surface area contributed by atoms with Crippen molar-refractivity contribution in [3.05, 3.63) is 23.8 Å². The number of alkyl halides is 1. The quantitative estimate of drug-likeness (QED) is 0.768. The van der Waals surface area contributed by atoms with Crippen LogP contribution in [-0.2, 0) is 11.4 Å². The first kappa shape index (κ1) is 13.8. The number of aliphatic hydroxyl groups is 1. The van der Waals surface area contributed by atoms with E-state index in [1.807, 2.05) is 0 Å². The Hall–Kier alpha value is -1.26. The number of hydrogen-bond acceptors (Lipinski definition) is 3. The summed E-state index contributed by atoms with van der Waals surface area (Å²) >= 11 is 5.51. The van der Waals surface area contributed by atoms with Gasteiger partial charge >= 0.3 is 0 Å². The summed E-state index contributed by atoms with van der Waals surface area (Å²) in [5.41, 5.74) is 1.23. The van der Waals surface area contributed by atoms with Crippen LogP contribution in [0, 0.1) is 0 Å². The maximum Gasteiger partial charge on any atom is 0.224 e. The number of carbonyl (C=O) groups is 1. The molecule has 0 atom stereocenters. The summed E-state index contributed by atoms with van der Waals surface area (Å²) in [5.74, 6) is 0.974. The Bertz CT molecular complexity index is 382. The predicted octanol–water partition coefficient (Wildman–Crippen LogP) is 2.14. The lowest BCUT2D eigenvalue weighted by atomic mass is 10.1. The topological polar surface area (TPSA) is 58.6 Å². The van der Waals surface area contributed by atoms with E-state index in [1.54, 1.807) is 25.3 Å². The predicted molar refractivity (Wildman–Crippen MR) is 67.5 cm³/mol. The van der Waals surface area contributed by atoms with E-state index in [2.05, 4.69) is 5.32 Å². The van der Waals surface area contributed by atoms with Crippen molar-refractivity contribution in [1.29, 1.82) is 0 Å². The molecule has 1 aromatic carbocycles. The molecule has 94 valence electrons. The van der Waals surface area contributed by atoms with Crippen molar-refractivity contribution in [2.45, 2.75) is 19.4 Å². The van der Waals surface area contributed by atoms with E-state index in [9.17, 15) is 4.79 Å². The van der Waals surface area contributed by atoms with E-state index in [0.29, 0.717) is 35.7 Å². The lowest BCUT2D eigenvalue weighted by Gasteiger charge is -2.11. The van der Waals surface area contributed by atoms with Crippen molar-refractivity contribution >= 4 is 23.2 Å². The number of benzene rings is 1. The van der Waals surface area contributed by atoms with Gasteiger partial charge in [-0.05, 0) is 12.5 Å². The van der Waals surface area contributed by atoms with Crippen LogP contribution in [0.1, 0.15) is 18.4 Å². The maximum atomic E-state index is 11.5. The van der Waals surface area contributed by atoms with Crippen LogP contribution in [0.3, 0.4) is 0 Å². The first-order valence-corrected chi connectivity index (χ1v) is 5.88. The first-order chi connectivity index (χ1) is 8.21. The van der Waals surface area contributed by atoms with Gasteiger partial charge in [-0.25, -0.2) is 0 Å². The lowest BCUT2D eigenvalue weighted by molar-refractivity contribution is -0.116. The molecule has 0 heterocycles. The van der Waals surface area contributed by atoms with Crippen molar-refractivity contribution in [3.63, 3.8) is 0 Å². The van der Waals surface area contributed by atoms with Gasteiger partial charge in [-0.3, -0.25) is 4.79 Å². The molecule has 1 rings (SSSR count). The average molecular weight is 258 g/mol. The normalized spacial score (nSPS) is 10.1. The summed E-state index contributed by atoms with van der Waals surface area (Å²) in [7, 11) is 1.55. The van der Waals surface area contributed by atoms with Crippen molar-refractivity contribution in [2.24, 2.45) is 0 Å². The zero-order valence-corrected chi connectivity index (χ0v) is 10.5. The molecule has 5 heteroatoms. The van der Waals surface area contributed by atoms with Crippen molar-refractivity contribution < 1.29 is 14.6 Å². The Kier molecular flexibility index (Phi) is 5.80. The van der Waals surface area contributed by atoms with Crippen LogP contribution in [0.5, 0.6) is 5.75 Å². The van der Waals surface area contributed by atoms with Gasteiger partial charge in [-0.1, -0.05) is 6.07 Å². The number of rotatable bonds is 6. The molecular weight excluding hydrogens is 242 g/mol. The molecule has 1 amide bonds. The van der Waals surface area contributed by atoms with Crippen LogP contribution in [0.4, 0.5) is 5.69 Å². The van der Waals surface area contributed by atoms with E-state index < -0.39 is 0 Å². The summed E-state index contributed by atoms with van der Waals surface area (Å²) in [6, 6.07) is 5.14. The number of hydrogen-bond donors (Lipinski definition) is 2. The van der Waals surface area contributed by atoms with Gasteiger partial charge in [0.15, 0.2) is 0 Å². The minimum absolute atomic E-state index is 0.117. The Morgan fingerprint density at radius 2 is 2.29 bits per heavy atom. The zero-order valence-electron chi connectivity index (χ0n) is 9.70. The number of amides is 1. The molecule has 0 saturated heterocycles. The number of carbonyl (C=O) groups excluding carboxylic acids is 1. The average Bonchev–Trinajstić information content (AvgIpc) is 2.36. The van der Waals surface area contributed by atoms with E-state index in [0.717, 1.165) is 0 Å². The maximum absolute atomic E-state index is 11.5. The molecule has 17 heavy (non-hydrogen) atoms. The van der Waals surface area contributed by atoms with Crippen LogP contribution < -0.4 is 10.1 Å². The second kappa shape index (κ2) is 7.14. The molecule has 0 radical (unpaired) electrons. The SMILES string of the molecule is COc1ccc(CO)c(NC(=O)CCCCl)c1. The summed E-state index contributed by atoms with van der Waals surface area (Å²) in [6.07, 6.45) is 0.997. The monoisotopic (exact) mass is 257 g/mol. The Balaban J connectivity index is 2.76. The molecule has 0 saturated carbocycles. The van der Waals surface area contributed by atoms with Gasteiger partial charge in [0.25, 0.3) is 0 Å². The number of aliphatic hydroxyl groups excluding tert-OH is 1. The van der Waals surface area contributed by atoms with Gasteiger partial charge in [0.1, 0.15) is 5.75 Å². The minimum atomic E-state index is -0.130. The van der Waals surface area contributed by atoms with Crippen molar-refractivity contribution in [3.8, 4) is 5.75 Å². The molecule has 0 bridgehead atoms. The van der Waals surface area contributed by atoms with E-state index in [4.69, 9.17) is 21.4 Å². The summed E-state index contributed by atoms with van der Waals surface area (Å²) < 4.78 is 5.06. The molecule has 1 aromatic rings. The molecule has 0 unspecified atom stereocenters. The number of ether oxygens (including phenoxy) is 1. The fourth-order valence-electron chi connectivity index (χ4n) is 1.38. The van der Waals surface area contributed by atoms with Gasteiger partial charge in [-0.2, -0.15) is 0 Å². The van der Waals surface area contributed by atoms with Gasteiger partial charge in [-0.15, -0.1) is 11.6 Å². The van der Waals surface area contributed by atoms with Crippen molar-refractivity contribution in [2.75, 3.05) is 18.3 Å². The highest BCUT2D eigenvalue weighted by Gasteiger charge is 2.07. The first-order valence-electron chi connectivity index (χ1n) is 5.35. The van der Waals surface area contributed by atoms with E-state index in [-0.39, 0.29) is 12.5 Å². The van der Waals surface area contributed by atoms with Gasteiger partial charge in [0, 0.05) is 29.6 Å². The summed E-state index contributed by atoms with van der Waals surface area (Å²) in [4.78, 5) is 11.5. The number of anilines is 1. The molecular formula is C12H16ClNO3. The largest absolute Gasteiger partial charge is 0.497 e. The second-order valence-corrected chi connectivity index (χ2v) is 3.90. The smallest absolute Gasteiger partial charge is 0.224 e. The molecule has 0 aromatic heterocycles. The number of nitrogens with one attached hydrogen (secondary N) is 1. The van der Waals surface area contributed by atoms with Crippen LogP contribution >= 0.6 is 11.6 Å². The number of halogens is 1. The number of methoxy groups -OCH3 is 1. The fourth-order valence-corrected chi connectivity index (χ4v) is 1.51.